The molecule has 0 saturated carbocycles. The van der Waals surface area contributed by atoms with Crippen molar-refractivity contribution in [2.24, 2.45) is 0 Å². The van der Waals surface area contributed by atoms with Crippen molar-refractivity contribution >= 4 is 48.9 Å². The van der Waals surface area contributed by atoms with Crippen LogP contribution in [0.3, 0.4) is 0 Å². The molecule has 0 aliphatic heterocycles. The van der Waals surface area contributed by atoms with E-state index in [-0.39, 0.29) is 6.04 Å². The molecule has 51 heavy (non-hydrogen) atoms. The Balaban J connectivity index is 0.997. The van der Waals surface area contributed by atoms with E-state index in [1.807, 2.05) is 0 Å². The molecular formula is C47H32N4. The number of aromatic nitrogens is 4. The summed E-state index contributed by atoms with van der Waals surface area (Å²) in [7, 11) is 0. The molecule has 0 saturated heterocycles. The molecule has 2 heterocycles. The van der Waals surface area contributed by atoms with Gasteiger partial charge in [0.25, 0.3) is 0 Å². The monoisotopic (exact) mass is 652 g/mol. The maximum absolute atomic E-state index is 5.05. The highest BCUT2D eigenvalue weighted by Gasteiger charge is 2.19. The van der Waals surface area contributed by atoms with Crippen LogP contribution in [0.25, 0.3) is 83.1 Å². The molecule has 0 bridgehead atoms. The minimum absolute atomic E-state index is 0.255. The van der Waals surface area contributed by atoms with Crippen molar-refractivity contribution in [3.8, 4) is 34.2 Å². The predicted octanol–water partition coefficient (Wildman–Crippen LogP) is 11.9. The van der Waals surface area contributed by atoms with E-state index in [4.69, 9.17) is 15.0 Å². The summed E-state index contributed by atoms with van der Waals surface area (Å²) in [5.74, 6) is 1.97. The summed E-state index contributed by atoms with van der Waals surface area (Å²) in [6.45, 7) is 0. The fourth-order valence-electron chi connectivity index (χ4n) is 7.56. The molecule has 4 nitrogen and oxygen atoms in total. The summed E-state index contributed by atoms with van der Waals surface area (Å²) in [5.41, 5.74) is 7.83. The Hall–Kier alpha value is -6.65. The van der Waals surface area contributed by atoms with Gasteiger partial charge in [0.1, 0.15) is 0 Å². The third kappa shape index (κ3) is 5.20. The number of hydrogen-bond donors (Lipinski definition) is 0. The second-order valence-corrected chi connectivity index (χ2v) is 13.2. The first-order valence-electron chi connectivity index (χ1n) is 17.5. The summed E-state index contributed by atoms with van der Waals surface area (Å²) in [5, 5.41) is 7.29. The number of hydrogen-bond acceptors (Lipinski definition) is 3. The van der Waals surface area contributed by atoms with E-state index >= 15 is 0 Å². The van der Waals surface area contributed by atoms with Gasteiger partial charge in [-0.1, -0.05) is 152 Å². The third-order valence-electron chi connectivity index (χ3n) is 10.2. The van der Waals surface area contributed by atoms with Crippen molar-refractivity contribution in [1.82, 2.24) is 19.5 Å². The van der Waals surface area contributed by atoms with Crippen molar-refractivity contribution in [2.75, 3.05) is 0 Å². The molecule has 0 N–H and O–H groups in total. The van der Waals surface area contributed by atoms with Gasteiger partial charge in [-0.2, -0.15) is 0 Å². The van der Waals surface area contributed by atoms with Crippen LogP contribution < -0.4 is 0 Å². The Bertz CT molecular complexity index is 2690. The lowest BCUT2D eigenvalue weighted by Gasteiger charge is -2.21. The van der Waals surface area contributed by atoms with E-state index in [1.54, 1.807) is 0 Å². The van der Waals surface area contributed by atoms with Crippen LogP contribution in [-0.2, 0) is 0 Å². The Morgan fingerprint density at radius 1 is 0.431 bits per heavy atom. The smallest absolute Gasteiger partial charge is 0.164 e. The number of nitrogens with zero attached hydrogens (tertiary/aromatic N) is 4. The van der Waals surface area contributed by atoms with Crippen LogP contribution in [0, 0.1) is 0 Å². The molecule has 7 aromatic carbocycles. The zero-order valence-electron chi connectivity index (χ0n) is 27.8. The van der Waals surface area contributed by atoms with Gasteiger partial charge in [-0.05, 0) is 63.4 Å². The Morgan fingerprint density at radius 2 is 0.882 bits per heavy atom. The van der Waals surface area contributed by atoms with Gasteiger partial charge in [0, 0.05) is 38.5 Å². The molecule has 2 aromatic heterocycles. The molecule has 0 spiro atoms. The lowest BCUT2D eigenvalue weighted by Crippen LogP contribution is -2.07. The minimum Gasteiger partial charge on any atom is -0.333 e. The number of rotatable bonds is 5. The van der Waals surface area contributed by atoms with E-state index in [9.17, 15) is 0 Å². The molecule has 240 valence electrons. The SMILES string of the molecule is C1=CC(n2c3ccccc3c3ccccc32)CC=C1c1ccc(-c2nc(-c3ccc4ccccc4c3)nc(-c3ccc4ccccc4c3)n2)cc1. The zero-order valence-corrected chi connectivity index (χ0v) is 27.8. The lowest BCUT2D eigenvalue weighted by molar-refractivity contribution is 0.649. The maximum Gasteiger partial charge on any atom is 0.164 e. The highest BCUT2D eigenvalue weighted by Crippen LogP contribution is 2.36. The topological polar surface area (TPSA) is 43.6 Å². The first kappa shape index (κ1) is 29.3. The van der Waals surface area contributed by atoms with E-state index in [1.165, 1.54) is 43.7 Å². The van der Waals surface area contributed by atoms with Gasteiger partial charge < -0.3 is 4.57 Å². The molecule has 0 radical (unpaired) electrons. The van der Waals surface area contributed by atoms with Crippen molar-refractivity contribution in [2.45, 2.75) is 12.5 Å². The predicted molar refractivity (Wildman–Crippen MR) is 211 cm³/mol. The van der Waals surface area contributed by atoms with Gasteiger partial charge in [0.05, 0.1) is 6.04 Å². The average Bonchev–Trinajstić information content (AvgIpc) is 3.55. The summed E-state index contributed by atoms with van der Waals surface area (Å²) in [6.07, 6.45) is 7.90. The highest BCUT2D eigenvalue weighted by atomic mass is 15.0. The summed E-state index contributed by atoms with van der Waals surface area (Å²) in [4.78, 5) is 15.1. The summed E-state index contributed by atoms with van der Waals surface area (Å²) in [6, 6.07) is 55.9. The maximum atomic E-state index is 5.05. The van der Waals surface area contributed by atoms with Crippen LogP contribution in [0.4, 0.5) is 0 Å². The molecule has 1 atom stereocenters. The highest BCUT2D eigenvalue weighted by molar-refractivity contribution is 6.08. The molecular weight excluding hydrogens is 621 g/mol. The van der Waals surface area contributed by atoms with Crippen LogP contribution in [0.15, 0.2) is 176 Å². The lowest BCUT2D eigenvalue weighted by atomic mass is 9.96. The van der Waals surface area contributed by atoms with Crippen LogP contribution in [0.1, 0.15) is 18.0 Å². The van der Waals surface area contributed by atoms with Crippen LogP contribution in [0.2, 0.25) is 0 Å². The van der Waals surface area contributed by atoms with Gasteiger partial charge in [-0.15, -0.1) is 0 Å². The zero-order chi connectivity index (χ0) is 33.7. The quantitative estimate of drug-likeness (QED) is 0.186. The molecule has 9 aromatic rings. The Kier molecular flexibility index (Phi) is 6.91. The first-order chi connectivity index (χ1) is 25.2. The van der Waals surface area contributed by atoms with Crippen molar-refractivity contribution in [3.63, 3.8) is 0 Å². The molecule has 0 amide bonds. The third-order valence-corrected chi connectivity index (χ3v) is 10.2. The molecule has 1 aliphatic rings. The summed E-state index contributed by atoms with van der Waals surface area (Å²) >= 11 is 0. The fourth-order valence-corrected chi connectivity index (χ4v) is 7.56. The first-order valence-corrected chi connectivity index (χ1v) is 17.5. The number of fused-ring (bicyclic) bond motifs is 5. The van der Waals surface area contributed by atoms with Crippen molar-refractivity contribution < 1.29 is 0 Å². The van der Waals surface area contributed by atoms with E-state index in [0.29, 0.717) is 17.5 Å². The van der Waals surface area contributed by atoms with Gasteiger partial charge in [0.15, 0.2) is 17.5 Å². The van der Waals surface area contributed by atoms with E-state index < -0.39 is 0 Å². The Labute approximate surface area is 295 Å². The van der Waals surface area contributed by atoms with Gasteiger partial charge >= 0.3 is 0 Å². The second kappa shape index (κ2) is 12.0. The van der Waals surface area contributed by atoms with E-state index in [0.717, 1.165) is 33.9 Å². The van der Waals surface area contributed by atoms with Gasteiger partial charge in [-0.3, -0.25) is 0 Å². The normalized spacial score (nSPS) is 14.4. The van der Waals surface area contributed by atoms with Crippen molar-refractivity contribution in [3.05, 3.63) is 182 Å². The fraction of sp³-hybridized carbons (Fsp3) is 0.0426. The van der Waals surface area contributed by atoms with E-state index in [2.05, 4.69) is 181 Å². The summed E-state index contributed by atoms with van der Waals surface area (Å²) < 4.78 is 2.48. The molecule has 1 aliphatic carbocycles. The minimum atomic E-state index is 0.255. The number of benzene rings is 7. The second-order valence-electron chi connectivity index (χ2n) is 13.2. The van der Waals surface area contributed by atoms with Gasteiger partial charge in [0.2, 0.25) is 0 Å². The molecule has 1 unspecified atom stereocenters. The van der Waals surface area contributed by atoms with Crippen LogP contribution in [0.5, 0.6) is 0 Å². The molecule has 4 heteroatoms. The van der Waals surface area contributed by atoms with Crippen molar-refractivity contribution in [1.29, 1.82) is 0 Å². The molecule has 10 rings (SSSR count). The Morgan fingerprint density at radius 3 is 1.41 bits per heavy atom. The van der Waals surface area contributed by atoms with Crippen LogP contribution in [-0.4, -0.2) is 19.5 Å². The molecule has 0 fully saturated rings. The average molecular weight is 653 g/mol. The standard InChI is InChI=1S/C47H32N4/c1-3-11-36-29-38(23-19-31(36)9-1)46-48-45(49-47(50-46)39-24-20-32-10-2-4-12-37(32)30-39)35-21-17-33(18-22-35)34-25-27-40(28-26-34)51-43-15-7-5-13-41(43)42-14-6-8-16-44(42)51/h1-27,29-30,40H,28H2. The number of allylic oxidation sites excluding steroid dienone is 4. The van der Waals surface area contributed by atoms with Gasteiger partial charge in [-0.25, -0.2) is 15.0 Å². The van der Waals surface area contributed by atoms with Crippen LogP contribution >= 0.6 is 0 Å². The number of para-hydroxylation sites is 2. The largest absolute Gasteiger partial charge is 0.333 e.